The highest BCUT2D eigenvalue weighted by atomic mass is 79.9. The van der Waals surface area contributed by atoms with E-state index in [0.717, 1.165) is 0 Å². The van der Waals surface area contributed by atoms with Gasteiger partial charge in [0.15, 0.2) is 0 Å². The molecule has 1 fully saturated rings. The summed E-state index contributed by atoms with van der Waals surface area (Å²) >= 11 is 7.03. The van der Waals surface area contributed by atoms with E-state index in [1.165, 1.54) is 29.9 Å². The van der Waals surface area contributed by atoms with Crippen LogP contribution in [0.1, 0.15) is 19.3 Å². The third-order valence-corrected chi connectivity index (χ3v) is 4.36. The molecule has 0 saturated heterocycles. The molecule has 0 aliphatic heterocycles. The Balaban J connectivity index is 2.33. The maximum absolute atomic E-state index is 3.51. The monoisotopic (exact) mass is 240 g/mol. The summed E-state index contributed by atoms with van der Waals surface area (Å²) in [5.74, 6) is 0. The third kappa shape index (κ3) is 1.10. The molecule has 48 valence electrons. The van der Waals surface area contributed by atoms with Crippen LogP contribution in [0.2, 0.25) is 0 Å². The molecule has 0 amide bonds. The van der Waals surface area contributed by atoms with Gasteiger partial charge in [0.2, 0.25) is 0 Å². The van der Waals surface area contributed by atoms with E-state index in [1.54, 1.807) is 0 Å². The highest BCUT2D eigenvalue weighted by Gasteiger charge is 2.34. The lowest BCUT2D eigenvalue weighted by molar-refractivity contribution is 0.208. The smallest absolute Gasteiger partial charge is 0.00959 e. The molecule has 0 aromatic rings. The molecule has 0 N–H and O–H groups in total. The van der Waals surface area contributed by atoms with Crippen molar-refractivity contribution in [3.8, 4) is 0 Å². The van der Waals surface area contributed by atoms with Crippen LogP contribution in [0.4, 0.5) is 0 Å². The first-order chi connectivity index (χ1) is 3.83. The maximum atomic E-state index is 3.51. The topological polar surface area (TPSA) is 0 Å². The quantitative estimate of drug-likeness (QED) is 0.653. The zero-order chi connectivity index (χ0) is 6.04. The summed E-state index contributed by atoms with van der Waals surface area (Å²) in [7, 11) is 0. The van der Waals surface area contributed by atoms with Crippen molar-refractivity contribution < 1.29 is 0 Å². The predicted octanol–water partition coefficient (Wildman–Crippen LogP) is 2.95. The molecule has 0 aromatic heterocycles. The van der Waals surface area contributed by atoms with Crippen molar-refractivity contribution in [3.63, 3.8) is 0 Å². The van der Waals surface area contributed by atoms with Gasteiger partial charge in [0.1, 0.15) is 0 Å². The van der Waals surface area contributed by atoms with Gasteiger partial charge < -0.3 is 0 Å². The van der Waals surface area contributed by atoms with Gasteiger partial charge >= 0.3 is 0 Å². The molecule has 0 aromatic carbocycles. The van der Waals surface area contributed by atoms with Gasteiger partial charge in [-0.2, -0.15) is 0 Å². The Hall–Kier alpha value is 0.960. The summed E-state index contributed by atoms with van der Waals surface area (Å²) in [5, 5.41) is 2.34. The van der Waals surface area contributed by atoms with Gasteiger partial charge in [0.25, 0.3) is 0 Å². The summed E-state index contributed by atoms with van der Waals surface area (Å²) in [4.78, 5) is 0. The fourth-order valence-corrected chi connectivity index (χ4v) is 3.03. The second-order valence-corrected chi connectivity index (χ2v) is 3.74. The number of hydrogen-bond donors (Lipinski definition) is 0. The standard InChI is InChI=1S/C6H10Br2/c7-4-6(5-8)2-1-3-6/h1-5H2. The molecule has 0 unspecified atom stereocenters. The molecule has 1 aliphatic rings. The number of alkyl halides is 2. The minimum absolute atomic E-state index is 0.639. The molecular formula is C6H10Br2. The first-order valence-electron chi connectivity index (χ1n) is 2.95. The highest BCUT2D eigenvalue weighted by molar-refractivity contribution is 9.09. The number of rotatable bonds is 2. The second-order valence-electron chi connectivity index (χ2n) is 2.62. The number of hydrogen-bond acceptors (Lipinski definition) is 0. The Morgan fingerprint density at radius 2 is 1.62 bits per heavy atom. The van der Waals surface area contributed by atoms with Crippen molar-refractivity contribution in [2.45, 2.75) is 19.3 Å². The SMILES string of the molecule is BrCC1(CBr)CCC1. The lowest BCUT2D eigenvalue weighted by Crippen LogP contribution is -2.32. The zero-order valence-corrected chi connectivity index (χ0v) is 7.96. The van der Waals surface area contributed by atoms with E-state index in [-0.39, 0.29) is 0 Å². The zero-order valence-electron chi connectivity index (χ0n) is 4.79. The molecule has 1 aliphatic carbocycles. The lowest BCUT2D eigenvalue weighted by atomic mass is 9.72. The van der Waals surface area contributed by atoms with Gasteiger partial charge in [-0.15, -0.1) is 0 Å². The van der Waals surface area contributed by atoms with Gasteiger partial charge in [0, 0.05) is 10.7 Å². The summed E-state index contributed by atoms with van der Waals surface area (Å²) in [6, 6.07) is 0. The van der Waals surface area contributed by atoms with Gasteiger partial charge in [-0.25, -0.2) is 0 Å². The molecule has 1 rings (SSSR count). The minimum Gasteiger partial charge on any atom is -0.0922 e. The van der Waals surface area contributed by atoms with E-state index in [0.29, 0.717) is 5.41 Å². The Bertz CT molecular complexity index is 63.1. The lowest BCUT2D eigenvalue weighted by Gasteiger charge is -2.38. The largest absolute Gasteiger partial charge is 0.0922 e. The minimum atomic E-state index is 0.639. The van der Waals surface area contributed by atoms with Crippen molar-refractivity contribution in [2.24, 2.45) is 5.41 Å². The van der Waals surface area contributed by atoms with Crippen LogP contribution in [0.25, 0.3) is 0 Å². The van der Waals surface area contributed by atoms with Crippen molar-refractivity contribution >= 4 is 31.9 Å². The summed E-state index contributed by atoms with van der Waals surface area (Å²) in [5.41, 5.74) is 0.639. The van der Waals surface area contributed by atoms with Crippen LogP contribution < -0.4 is 0 Å². The van der Waals surface area contributed by atoms with Crippen molar-refractivity contribution in [1.82, 2.24) is 0 Å². The van der Waals surface area contributed by atoms with Crippen LogP contribution in [0, 0.1) is 5.41 Å². The van der Waals surface area contributed by atoms with E-state index in [4.69, 9.17) is 0 Å². The van der Waals surface area contributed by atoms with Crippen LogP contribution in [0.3, 0.4) is 0 Å². The molecular weight excluding hydrogens is 232 g/mol. The van der Waals surface area contributed by atoms with E-state index in [2.05, 4.69) is 31.9 Å². The average Bonchev–Trinajstić information content (AvgIpc) is 1.67. The van der Waals surface area contributed by atoms with Crippen LogP contribution in [-0.4, -0.2) is 10.7 Å². The van der Waals surface area contributed by atoms with Crippen molar-refractivity contribution in [1.29, 1.82) is 0 Å². The fraction of sp³-hybridized carbons (Fsp3) is 1.00. The average molecular weight is 242 g/mol. The van der Waals surface area contributed by atoms with Crippen molar-refractivity contribution in [3.05, 3.63) is 0 Å². The van der Waals surface area contributed by atoms with Gasteiger partial charge in [-0.3, -0.25) is 0 Å². The van der Waals surface area contributed by atoms with Gasteiger partial charge in [-0.05, 0) is 18.3 Å². The van der Waals surface area contributed by atoms with E-state index in [9.17, 15) is 0 Å². The van der Waals surface area contributed by atoms with Crippen LogP contribution >= 0.6 is 31.9 Å². The predicted molar refractivity (Wildman–Crippen MR) is 43.9 cm³/mol. The van der Waals surface area contributed by atoms with Crippen LogP contribution in [0.5, 0.6) is 0 Å². The van der Waals surface area contributed by atoms with Crippen molar-refractivity contribution in [2.75, 3.05) is 10.7 Å². The van der Waals surface area contributed by atoms with Crippen LogP contribution in [0.15, 0.2) is 0 Å². The van der Waals surface area contributed by atoms with Gasteiger partial charge in [-0.1, -0.05) is 38.3 Å². The molecule has 2 heteroatoms. The molecule has 0 heterocycles. The third-order valence-electron chi connectivity index (χ3n) is 1.98. The molecule has 0 spiro atoms. The highest BCUT2D eigenvalue weighted by Crippen LogP contribution is 2.43. The Kier molecular flexibility index (Phi) is 2.38. The van der Waals surface area contributed by atoms with Gasteiger partial charge in [0.05, 0.1) is 0 Å². The fourth-order valence-electron chi connectivity index (χ4n) is 0.980. The maximum Gasteiger partial charge on any atom is 0.00959 e. The summed E-state index contributed by atoms with van der Waals surface area (Å²) in [6.45, 7) is 0. The molecule has 0 atom stereocenters. The van der Waals surface area contributed by atoms with Crippen LogP contribution in [-0.2, 0) is 0 Å². The molecule has 0 radical (unpaired) electrons. The molecule has 1 saturated carbocycles. The Morgan fingerprint density at radius 1 is 1.12 bits per heavy atom. The first-order valence-corrected chi connectivity index (χ1v) is 5.19. The molecule has 8 heavy (non-hydrogen) atoms. The second kappa shape index (κ2) is 2.70. The normalized spacial score (nSPS) is 24.8. The van der Waals surface area contributed by atoms with E-state index < -0.39 is 0 Å². The summed E-state index contributed by atoms with van der Waals surface area (Å²) in [6.07, 6.45) is 4.24. The van der Waals surface area contributed by atoms with E-state index >= 15 is 0 Å². The summed E-state index contributed by atoms with van der Waals surface area (Å²) < 4.78 is 0. The Morgan fingerprint density at radius 3 is 1.62 bits per heavy atom. The Labute approximate surface area is 67.3 Å². The number of halogens is 2. The first kappa shape index (κ1) is 7.07. The molecule has 0 bridgehead atoms. The van der Waals surface area contributed by atoms with E-state index in [1.807, 2.05) is 0 Å². The molecule has 0 nitrogen and oxygen atoms in total.